The minimum atomic E-state index is -0.421. The summed E-state index contributed by atoms with van der Waals surface area (Å²) in [7, 11) is 1.32. The molecule has 1 aromatic carbocycles. The minimum Gasteiger partial charge on any atom is -0.465 e. The van der Waals surface area contributed by atoms with E-state index < -0.39 is 5.97 Å². The Labute approximate surface area is 80.3 Å². The first kappa shape index (κ1) is 8.62. The van der Waals surface area contributed by atoms with E-state index in [1.54, 1.807) is 18.2 Å². The molecule has 0 aliphatic rings. The van der Waals surface area contributed by atoms with Gasteiger partial charge in [0.25, 0.3) is 0 Å². The summed E-state index contributed by atoms with van der Waals surface area (Å²) in [4.78, 5) is 11.2. The highest BCUT2D eigenvalue weighted by Crippen LogP contribution is 2.24. The van der Waals surface area contributed by atoms with Gasteiger partial charge >= 0.3 is 5.97 Å². The first-order chi connectivity index (χ1) is 6.72. The zero-order valence-electron chi connectivity index (χ0n) is 7.61. The molecular formula is C10H9NO3. The maximum Gasteiger partial charge on any atom is 0.338 e. The summed E-state index contributed by atoms with van der Waals surface area (Å²) >= 11 is 0. The highest BCUT2D eigenvalue weighted by molar-refractivity contribution is 5.98. The fourth-order valence-corrected chi connectivity index (χ4v) is 1.34. The lowest BCUT2D eigenvalue weighted by molar-refractivity contribution is 0.0601. The molecule has 0 unspecified atom stereocenters. The van der Waals surface area contributed by atoms with E-state index in [9.17, 15) is 4.79 Å². The Kier molecular flexibility index (Phi) is 1.89. The quantitative estimate of drug-likeness (QED) is 0.551. The van der Waals surface area contributed by atoms with Crippen molar-refractivity contribution in [3.8, 4) is 0 Å². The van der Waals surface area contributed by atoms with Crippen molar-refractivity contribution in [3.63, 3.8) is 0 Å². The predicted molar refractivity (Wildman–Crippen MR) is 52.0 cm³/mol. The van der Waals surface area contributed by atoms with E-state index in [4.69, 9.17) is 10.2 Å². The molecule has 4 nitrogen and oxygen atoms in total. The van der Waals surface area contributed by atoms with E-state index in [-0.39, 0.29) is 0 Å². The van der Waals surface area contributed by atoms with Crippen molar-refractivity contribution in [2.75, 3.05) is 12.8 Å². The summed E-state index contributed by atoms with van der Waals surface area (Å²) in [6.45, 7) is 0. The van der Waals surface area contributed by atoms with Crippen molar-refractivity contribution in [2.24, 2.45) is 0 Å². The molecule has 2 aromatic rings. The smallest absolute Gasteiger partial charge is 0.338 e. The summed E-state index contributed by atoms with van der Waals surface area (Å²) in [6.07, 6.45) is 1.53. The Morgan fingerprint density at radius 3 is 3.00 bits per heavy atom. The van der Waals surface area contributed by atoms with Crippen LogP contribution in [0.3, 0.4) is 0 Å². The van der Waals surface area contributed by atoms with E-state index in [1.807, 2.05) is 0 Å². The van der Waals surface area contributed by atoms with Gasteiger partial charge in [0, 0.05) is 11.1 Å². The summed E-state index contributed by atoms with van der Waals surface area (Å²) in [6, 6.07) is 4.94. The Morgan fingerprint density at radius 1 is 1.50 bits per heavy atom. The van der Waals surface area contributed by atoms with Gasteiger partial charge in [-0.1, -0.05) is 0 Å². The lowest BCUT2D eigenvalue weighted by Gasteiger charge is -2.01. The van der Waals surface area contributed by atoms with Gasteiger partial charge in [0.15, 0.2) is 0 Å². The zero-order valence-corrected chi connectivity index (χ0v) is 7.61. The second-order valence-corrected chi connectivity index (χ2v) is 2.89. The van der Waals surface area contributed by atoms with Crippen LogP contribution in [-0.4, -0.2) is 13.1 Å². The van der Waals surface area contributed by atoms with Crippen LogP contribution < -0.4 is 5.73 Å². The number of rotatable bonds is 1. The van der Waals surface area contributed by atoms with Crippen LogP contribution >= 0.6 is 0 Å². The molecular weight excluding hydrogens is 182 g/mol. The van der Waals surface area contributed by atoms with Crippen LogP contribution in [0.2, 0.25) is 0 Å². The largest absolute Gasteiger partial charge is 0.465 e. The third-order valence-corrected chi connectivity index (χ3v) is 2.02. The van der Waals surface area contributed by atoms with Crippen LogP contribution in [0, 0.1) is 0 Å². The Hall–Kier alpha value is -1.97. The van der Waals surface area contributed by atoms with Crippen LogP contribution in [-0.2, 0) is 4.74 Å². The van der Waals surface area contributed by atoms with Gasteiger partial charge in [-0.05, 0) is 18.2 Å². The number of hydrogen-bond acceptors (Lipinski definition) is 4. The molecule has 72 valence electrons. The molecule has 1 heterocycles. The zero-order chi connectivity index (χ0) is 10.1. The number of furan rings is 1. The molecule has 0 radical (unpaired) electrons. The van der Waals surface area contributed by atoms with Crippen LogP contribution in [0.1, 0.15) is 10.4 Å². The molecule has 0 amide bonds. The molecule has 0 fully saturated rings. The number of hydrogen-bond donors (Lipinski definition) is 1. The van der Waals surface area contributed by atoms with Crippen molar-refractivity contribution in [2.45, 2.75) is 0 Å². The maximum atomic E-state index is 11.2. The number of ether oxygens (including phenoxy) is 1. The molecule has 1 aromatic heterocycles. The molecule has 0 aliphatic carbocycles. The standard InChI is InChI=1S/C10H9NO3/c1-13-10(12)6-4-8(11)7-2-3-14-9(7)5-6/h2-5H,11H2,1H3. The number of carbonyl (C=O) groups is 1. The number of methoxy groups -OCH3 is 1. The van der Waals surface area contributed by atoms with Gasteiger partial charge in [-0.3, -0.25) is 0 Å². The van der Waals surface area contributed by atoms with Crippen molar-refractivity contribution < 1.29 is 13.9 Å². The third kappa shape index (κ3) is 1.21. The normalized spacial score (nSPS) is 10.4. The Bertz CT molecular complexity index is 487. The molecule has 0 aliphatic heterocycles. The van der Waals surface area contributed by atoms with Gasteiger partial charge in [-0.2, -0.15) is 0 Å². The highest BCUT2D eigenvalue weighted by atomic mass is 16.5. The molecule has 4 heteroatoms. The lowest BCUT2D eigenvalue weighted by atomic mass is 10.1. The molecule has 0 atom stereocenters. The Balaban J connectivity index is 2.64. The van der Waals surface area contributed by atoms with E-state index in [2.05, 4.69) is 4.74 Å². The first-order valence-electron chi connectivity index (χ1n) is 4.07. The number of fused-ring (bicyclic) bond motifs is 1. The summed E-state index contributed by atoms with van der Waals surface area (Å²) in [5.74, 6) is -0.421. The molecule has 2 rings (SSSR count). The first-order valence-corrected chi connectivity index (χ1v) is 4.07. The van der Waals surface area contributed by atoms with Crippen molar-refractivity contribution in [1.82, 2.24) is 0 Å². The van der Waals surface area contributed by atoms with Crippen molar-refractivity contribution >= 4 is 22.6 Å². The second-order valence-electron chi connectivity index (χ2n) is 2.89. The summed E-state index contributed by atoms with van der Waals surface area (Å²) in [5, 5.41) is 0.803. The van der Waals surface area contributed by atoms with Gasteiger partial charge in [0.1, 0.15) is 5.58 Å². The van der Waals surface area contributed by atoms with Gasteiger partial charge in [0.2, 0.25) is 0 Å². The average Bonchev–Trinajstić information content (AvgIpc) is 2.64. The van der Waals surface area contributed by atoms with E-state index in [0.717, 1.165) is 5.39 Å². The van der Waals surface area contributed by atoms with Gasteiger partial charge < -0.3 is 14.9 Å². The fourth-order valence-electron chi connectivity index (χ4n) is 1.34. The van der Waals surface area contributed by atoms with Crippen molar-refractivity contribution in [1.29, 1.82) is 0 Å². The van der Waals surface area contributed by atoms with E-state index >= 15 is 0 Å². The second kappa shape index (κ2) is 3.06. The minimum absolute atomic E-state index is 0.396. The molecule has 14 heavy (non-hydrogen) atoms. The lowest BCUT2D eigenvalue weighted by Crippen LogP contribution is -2.01. The average molecular weight is 191 g/mol. The van der Waals surface area contributed by atoms with Crippen LogP contribution in [0.15, 0.2) is 28.9 Å². The van der Waals surface area contributed by atoms with Crippen molar-refractivity contribution in [3.05, 3.63) is 30.0 Å². The van der Waals surface area contributed by atoms with Gasteiger partial charge in [-0.15, -0.1) is 0 Å². The number of nitrogen functional groups attached to an aromatic ring is 1. The number of nitrogens with two attached hydrogens (primary N) is 1. The molecule has 2 N–H and O–H groups in total. The topological polar surface area (TPSA) is 65.5 Å². The highest BCUT2D eigenvalue weighted by Gasteiger charge is 2.10. The van der Waals surface area contributed by atoms with Crippen LogP contribution in [0.4, 0.5) is 5.69 Å². The fraction of sp³-hybridized carbons (Fsp3) is 0.100. The van der Waals surface area contributed by atoms with Gasteiger partial charge in [0.05, 0.1) is 18.9 Å². The number of carbonyl (C=O) groups excluding carboxylic acids is 1. The molecule has 0 spiro atoms. The maximum absolute atomic E-state index is 11.2. The molecule has 0 saturated carbocycles. The van der Waals surface area contributed by atoms with Gasteiger partial charge in [-0.25, -0.2) is 4.79 Å². The number of benzene rings is 1. The molecule has 0 bridgehead atoms. The van der Waals surface area contributed by atoms with Crippen LogP contribution in [0.25, 0.3) is 11.0 Å². The van der Waals surface area contributed by atoms with E-state index in [0.29, 0.717) is 16.8 Å². The summed E-state index contributed by atoms with van der Waals surface area (Å²) in [5.41, 5.74) is 7.22. The Morgan fingerprint density at radius 2 is 2.29 bits per heavy atom. The van der Waals surface area contributed by atoms with E-state index in [1.165, 1.54) is 13.4 Å². The SMILES string of the molecule is COC(=O)c1cc(N)c2ccoc2c1. The monoisotopic (exact) mass is 191 g/mol. The number of anilines is 1. The predicted octanol–water partition coefficient (Wildman–Crippen LogP) is 1.80. The molecule has 0 saturated heterocycles. The summed E-state index contributed by atoms with van der Waals surface area (Å²) < 4.78 is 9.73. The third-order valence-electron chi connectivity index (χ3n) is 2.02. The number of esters is 1. The van der Waals surface area contributed by atoms with Crippen LogP contribution in [0.5, 0.6) is 0 Å².